The first-order valence-corrected chi connectivity index (χ1v) is 21.1. The van der Waals surface area contributed by atoms with Crippen LogP contribution in [0.1, 0.15) is 77.0 Å². The topological polar surface area (TPSA) is 121 Å². The Morgan fingerprint density at radius 3 is 2.15 bits per heavy atom. The number of halogens is 1. The molecule has 9 rings (SSSR count). The van der Waals surface area contributed by atoms with E-state index >= 15 is 0 Å². The minimum Gasteiger partial charge on any atom is -0.371 e. The summed E-state index contributed by atoms with van der Waals surface area (Å²) in [6, 6.07) is 18.6. The molecule has 2 unspecified atom stereocenters. The number of anilines is 3. The molecular formula is C45H49ClN8O5. The highest BCUT2D eigenvalue weighted by molar-refractivity contribution is 6.33. The zero-order valence-corrected chi connectivity index (χ0v) is 34.3. The monoisotopic (exact) mass is 816 g/mol. The summed E-state index contributed by atoms with van der Waals surface area (Å²) >= 11 is 6.39. The lowest BCUT2D eigenvalue weighted by Crippen LogP contribution is -2.61. The summed E-state index contributed by atoms with van der Waals surface area (Å²) in [7, 11) is 0. The quantitative estimate of drug-likeness (QED) is 0.245. The third-order valence-corrected chi connectivity index (χ3v) is 14.3. The molecule has 6 aliphatic rings. The summed E-state index contributed by atoms with van der Waals surface area (Å²) in [5, 5.41) is 2.75. The van der Waals surface area contributed by atoms with Crippen molar-refractivity contribution in [3.63, 3.8) is 0 Å². The van der Waals surface area contributed by atoms with E-state index in [2.05, 4.69) is 55.7 Å². The minimum absolute atomic E-state index is 0.0308. The molecule has 13 nitrogen and oxygen atoms in total. The van der Waals surface area contributed by atoms with Gasteiger partial charge in [-0.05, 0) is 92.6 Å². The molecule has 2 atom stereocenters. The van der Waals surface area contributed by atoms with Gasteiger partial charge in [-0.1, -0.05) is 24.6 Å². The van der Waals surface area contributed by atoms with Crippen molar-refractivity contribution in [2.45, 2.75) is 58.0 Å². The zero-order chi connectivity index (χ0) is 41.2. The van der Waals surface area contributed by atoms with E-state index in [4.69, 9.17) is 18.2 Å². The van der Waals surface area contributed by atoms with Gasteiger partial charge in [-0.3, -0.25) is 39.1 Å². The summed E-state index contributed by atoms with van der Waals surface area (Å²) in [6.07, 6.45) is 3.56. The first-order valence-electron chi connectivity index (χ1n) is 20.8. The number of benzene rings is 3. The van der Waals surface area contributed by atoms with Crippen molar-refractivity contribution in [1.29, 1.82) is 0 Å². The summed E-state index contributed by atoms with van der Waals surface area (Å²) in [5.41, 5.74) is 5.17. The molecule has 5 saturated heterocycles. The second-order valence-electron chi connectivity index (χ2n) is 17.7. The Labute approximate surface area is 349 Å². The Bertz CT molecular complexity index is 2270. The van der Waals surface area contributed by atoms with E-state index < -0.39 is 29.7 Å². The van der Waals surface area contributed by atoms with Crippen molar-refractivity contribution in [3.8, 4) is 0 Å². The molecule has 5 fully saturated rings. The molecule has 14 heteroatoms. The number of fused-ring (bicyclic) bond motifs is 1. The fourth-order valence-electron chi connectivity index (χ4n) is 10.5. The lowest BCUT2D eigenvalue weighted by molar-refractivity contribution is -0.136. The molecule has 0 aliphatic carbocycles. The maximum atomic E-state index is 13.6. The van der Waals surface area contributed by atoms with Crippen molar-refractivity contribution < 1.29 is 24.0 Å². The van der Waals surface area contributed by atoms with Gasteiger partial charge in [0.25, 0.3) is 17.7 Å². The second kappa shape index (κ2) is 15.0. The van der Waals surface area contributed by atoms with Crippen LogP contribution >= 0.6 is 11.6 Å². The van der Waals surface area contributed by atoms with E-state index in [1.54, 1.807) is 12.1 Å². The molecule has 6 heterocycles. The third-order valence-electron chi connectivity index (χ3n) is 14.0. The summed E-state index contributed by atoms with van der Waals surface area (Å²) < 4.78 is 0. The molecule has 1 spiro atoms. The van der Waals surface area contributed by atoms with Crippen LogP contribution in [0.25, 0.3) is 4.85 Å². The molecule has 3 aromatic rings. The smallest absolute Gasteiger partial charge is 0.262 e. The maximum absolute atomic E-state index is 13.6. The fraction of sp³-hybridized carbons (Fsp3) is 0.467. The molecule has 0 saturated carbocycles. The Morgan fingerprint density at radius 1 is 0.814 bits per heavy atom. The zero-order valence-electron chi connectivity index (χ0n) is 33.6. The van der Waals surface area contributed by atoms with Crippen LogP contribution < -0.4 is 20.0 Å². The number of amides is 5. The normalized spacial score (nSPS) is 24.0. The Morgan fingerprint density at radius 2 is 1.47 bits per heavy atom. The largest absolute Gasteiger partial charge is 0.371 e. The number of hydrogen-bond acceptors (Lipinski definition) is 9. The van der Waals surface area contributed by atoms with Gasteiger partial charge in [0.15, 0.2) is 0 Å². The van der Waals surface area contributed by atoms with Gasteiger partial charge in [0.05, 0.1) is 17.7 Å². The van der Waals surface area contributed by atoms with Gasteiger partial charge in [-0.15, -0.1) is 0 Å². The Balaban J connectivity index is 0.736. The number of piperazine rings is 1. The van der Waals surface area contributed by atoms with Gasteiger partial charge in [0, 0.05) is 111 Å². The van der Waals surface area contributed by atoms with E-state index in [9.17, 15) is 24.0 Å². The van der Waals surface area contributed by atoms with Crippen molar-refractivity contribution in [1.82, 2.24) is 20.0 Å². The Hall–Kier alpha value is -5.45. The molecule has 59 heavy (non-hydrogen) atoms. The number of rotatable bonds is 7. The van der Waals surface area contributed by atoms with E-state index in [-0.39, 0.29) is 35.1 Å². The summed E-state index contributed by atoms with van der Waals surface area (Å²) in [4.78, 5) is 80.2. The number of nitrogens with one attached hydrogen (secondary N) is 1. The molecule has 306 valence electrons. The van der Waals surface area contributed by atoms with Crippen molar-refractivity contribution in [3.05, 3.63) is 93.8 Å². The van der Waals surface area contributed by atoms with Crippen molar-refractivity contribution >= 4 is 63.9 Å². The van der Waals surface area contributed by atoms with E-state index in [0.717, 1.165) is 99.1 Å². The van der Waals surface area contributed by atoms with Crippen LogP contribution in [0.5, 0.6) is 0 Å². The number of carbonyl (C=O) groups excluding carboxylic acids is 5. The fourth-order valence-corrected chi connectivity index (χ4v) is 10.7. The van der Waals surface area contributed by atoms with Gasteiger partial charge < -0.3 is 19.6 Å². The average Bonchev–Trinajstić information content (AvgIpc) is 3.67. The van der Waals surface area contributed by atoms with Crippen LogP contribution in [-0.2, 0) is 9.59 Å². The van der Waals surface area contributed by atoms with Crippen LogP contribution in [-0.4, -0.2) is 122 Å². The van der Waals surface area contributed by atoms with E-state index in [0.29, 0.717) is 35.4 Å². The molecule has 0 radical (unpaired) electrons. The minimum atomic E-state index is -0.981. The van der Waals surface area contributed by atoms with Crippen LogP contribution in [0.2, 0.25) is 5.02 Å². The number of imide groups is 2. The Kier molecular flexibility index (Phi) is 9.91. The van der Waals surface area contributed by atoms with Crippen LogP contribution in [0.3, 0.4) is 0 Å². The van der Waals surface area contributed by atoms with E-state index in [1.165, 1.54) is 0 Å². The molecule has 0 aromatic heterocycles. The lowest BCUT2D eigenvalue weighted by Gasteiger charge is -2.52. The number of hydrogen-bond donors (Lipinski definition) is 1. The average molecular weight is 817 g/mol. The highest BCUT2D eigenvalue weighted by Gasteiger charge is 2.48. The van der Waals surface area contributed by atoms with Gasteiger partial charge in [0.1, 0.15) is 6.04 Å². The highest BCUT2D eigenvalue weighted by atomic mass is 35.5. The van der Waals surface area contributed by atoms with Gasteiger partial charge in [-0.25, -0.2) is 4.85 Å². The van der Waals surface area contributed by atoms with Crippen LogP contribution in [0.15, 0.2) is 60.7 Å². The molecule has 1 N–H and O–H groups in total. The number of carbonyl (C=O) groups is 5. The van der Waals surface area contributed by atoms with Crippen molar-refractivity contribution in [2.75, 3.05) is 80.1 Å². The SMILES string of the molecule is [C-]#[N+]c1ccc(N2CCC3(CCN(c4ccc(C(=O)N5CCN(CC6(C)CN(c7ccc8c(c7)C(=O)N(C7CCC(=O)NC7=O)C8=O)C6)CC5)cc4)CC3)C2C)cc1Cl. The van der Waals surface area contributed by atoms with Gasteiger partial charge in [-0.2, -0.15) is 0 Å². The van der Waals surface area contributed by atoms with Crippen LogP contribution in [0.4, 0.5) is 22.7 Å². The van der Waals surface area contributed by atoms with Crippen molar-refractivity contribution in [2.24, 2.45) is 10.8 Å². The third kappa shape index (κ3) is 7.00. The highest BCUT2D eigenvalue weighted by Crippen LogP contribution is 2.48. The van der Waals surface area contributed by atoms with Crippen LogP contribution in [0, 0.1) is 17.4 Å². The number of piperidine rings is 2. The maximum Gasteiger partial charge on any atom is 0.262 e. The molecule has 5 amide bonds. The molecule has 0 bridgehead atoms. The van der Waals surface area contributed by atoms with Gasteiger partial charge >= 0.3 is 0 Å². The molecular weight excluding hydrogens is 768 g/mol. The first kappa shape index (κ1) is 39.0. The van der Waals surface area contributed by atoms with Gasteiger partial charge in [0.2, 0.25) is 17.5 Å². The number of nitrogens with zero attached hydrogens (tertiary/aromatic N) is 7. The first-order chi connectivity index (χ1) is 28.3. The summed E-state index contributed by atoms with van der Waals surface area (Å²) in [5.74, 6) is -1.93. The molecule has 3 aromatic carbocycles. The standard InChI is InChI=1S/C45H49ClN8O5/c1-29-45(16-19-53(29)33-9-11-37(47-3)36(46)25-33)14-17-50(18-15-45)31-6-4-30(5-7-31)41(57)51-22-20-49(21-23-51)26-44(2)27-52(28-44)32-8-10-34-35(24-32)43(59)54(42(34)58)38-12-13-39(55)48-40(38)56/h4-11,24-25,29,38H,12-23,26-28H2,1-2H3,(H,48,55,56). The molecule has 6 aliphatic heterocycles. The second-order valence-corrected chi connectivity index (χ2v) is 18.1. The summed E-state index contributed by atoms with van der Waals surface area (Å²) in [6.45, 7) is 20.3. The van der Waals surface area contributed by atoms with E-state index in [1.807, 2.05) is 41.3 Å². The lowest BCUT2D eigenvalue weighted by atomic mass is 9.73. The predicted molar refractivity (Wildman–Crippen MR) is 225 cm³/mol. The predicted octanol–water partition coefficient (Wildman–Crippen LogP) is 5.46.